The molecule has 0 aliphatic rings. The highest BCUT2D eigenvalue weighted by Crippen LogP contribution is 2.34. The predicted molar refractivity (Wildman–Crippen MR) is 101 cm³/mol. The molecule has 0 spiro atoms. The Labute approximate surface area is 148 Å². The number of phenolic OH excluding ortho intramolecular Hbond substituents is 1. The molecule has 0 bridgehead atoms. The Balaban J connectivity index is 1.92. The fraction of sp³-hybridized carbons (Fsp3) is 0.273. The van der Waals surface area contributed by atoms with Gasteiger partial charge in [0.15, 0.2) is 0 Å². The van der Waals surface area contributed by atoms with E-state index in [1.165, 1.54) is 12.1 Å². The van der Waals surface area contributed by atoms with E-state index < -0.39 is 0 Å². The molecule has 0 aromatic heterocycles. The van der Waals surface area contributed by atoms with Gasteiger partial charge in [-0.3, -0.25) is 0 Å². The maximum atomic E-state index is 13.3. The predicted octanol–water partition coefficient (Wildman–Crippen LogP) is 5.56. The molecule has 0 heterocycles. The summed E-state index contributed by atoms with van der Waals surface area (Å²) in [4.78, 5) is 0. The van der Waals surface area contributed by atoms with Crippen molar-refractivity contribution in [2.45, 2.75) is 33.4 Å². The van der Waals surface area contributed by atoms with Gasteiger partial charge in [0.1, 0.15) is 11.6 Å². The van der Waals surface area contributed by atoms with Crippen molar-refractivity contribution in [2.24, 2.45) is 5.41 Å². The van der Waals surface area contributed by atoms with E-state index in [2.05, 4.69) is 26.1 Å². The summed E-state index contributed by atoms with van der Waals surface area (Å²) in [6.07, 6.45) is 0. The first-order chi connectivity index (χ1) is 11.9. The summed E-state index contributed by atoms with van der Waals surface area (Å²) in [5.74, 6) is 0.0565. The van der Waals surface area contributed by atoms with Crippen LogP contribution in [0, 0.1) is 11.2 Å². The van der Waals surface area contributed by atoms with E-state index in [9.17, 15) is 9.50 Å². The van der Waals surface area contributed by atoms with Crippen LogP contribution in [0.1, 0.15) is 37.9 Å². The van der Waals surface area contributed by atoms with Gasteiger partial charge in [-0.15, -0.1) is 0 Å². The Morgan fingerprint density at radius 1 is 0.960 bits per heavy atom. The lowest BCUT2D eigenvalue weighted by molar-refractivity contribution is 0.270. The minimum absolute atomic E-state index is 0.0338. The standard InChI is InChI=1S/C22H24FNO/c1-22(2,3)21(16-8-11-17(23)12-9-16)24-14-19-18-7-5-4-6-15(18)10-13-20(19)25/h4-13,21,24-25H,14H2,1-3H3. The number of nitrogens with one attached hydrogen (secondary N) is 1. The molecule has 0 aliphatic carbocycles. The van der Waals surface area contributed by atoms with Crippen molar-refractivity contribution in [3.05, 3.63) is 77.6 Å². The van der Waals surface area contributed by atoms with Crippen LogP contribution in [0.5, 0.6) is 5.75 Å². The van der Waals surface area contributed by atoms with Gasteiger partial charge in [-0.1, -0.05) is 63.2 Å². The van der Waals surface area contributed by atoms with Gasteiger partial charge >= 0.3 is 0 Å². The van der Waals surface area contributed by atoms with Crippen molar-refractivity contribution in [2.75, 3.05) is 0 Å². The van der Waals surface area contributed by atoms with Crippen molar-refractivity contribution in [1.82, 2.24) is 5.32 Å². The number of hydrogen-bond acceptors (Lipinski definition) is 2. The first-order valence-electron chi connectivity index (χ1n) is 8.55. The quantitative estimate of drug-likeness (QED) is 0.653. The number of benzene rings is 3. The molecule has 2 nitrogen and oxygen atoms in total. The van der Waals surface area contributed by atoms with Crippen LogP contribution >= 0.6 is 0 Å². The third-order valence-corrected chi connectivity index (χ3v) is 4.57. The topological polar surface area (TPSA) is 32.3 Å². The Hall–Kier alpha value is -2.39. The van der Waals surface area contributed by atoms with Crippen molar-refractivity contribution in [1.29, 1.82) is 0 Å². The smallest absolute Gasteiger partial charge is 0.123 e. The molecule has 1 atom stereocenters. The molecular weight excluding hydrogens is 313 g/mol. The van der Waals surface area contributed by atoms with Gasteiger partial charge in [0.2, 0.25) is 0 Å². The Morgan fingerprint density at radius 3 is 2.32 bits per heavy atom. The van der Waals surface area contributed by atoms with Crippen LogP contribution in [-0.4, -0.2) is 5.11 Å². The minimum atomic E-state index is -0.233. The van der Waals surface area contributed by atoms with Gasteiger partial charge in [-0.2, -0.15) is 0 Å². The first kappa shape index (κ1) is 17.4. The van der Waals surface area contributed by atoms with E-state index in [-0.39, 0.29) is 23.0 Å². The molecule has 0 aliphatic heterocycles. The molecule has 0 fully saturated rings. The highest BCUT2D eigenvalue weighted by molar-refractivity contribution is 5.87. The summed E-state index contributed by atoms with van der Waals surface area (Å²) in [7, 11) is 0. The average Bonchev–Trinajstić information content (AvgIpc) is 2.57. The monoisotopic (exact) mass is 337 g/mol. The SMILES string of the molecule is CC(C)(C)C(NCc1c(O)ccc2ccccc12)c1ccc(F)cc1. The number of fused-ring (bicyclic) bond motifs is 1. The van der Waals surface area contributed by atoms with E-state index in [1.807, 2.05) is 42.5 Å². The summed E-state index contributed by atoms with van der Waals surface area (Å²) in [5.41, 5.74) is 1.86. The average molecular weight is 337 g/mol. The van der Waals surface area contributed by atoms with Crippen LogP contribution in [0.15, 0.2) is 60.7 Å². The lowest BCUT2D eigenvalue weighted by Gasteiger charge is -2.32. The molecule has 25 heavy (non-hydrogen) atoms. The molecule has 0 saturated heterocycles. The zero-order valence-corrected chi connectivity index (χ0v) is 14.9. The largest absolute Gasteiger partial charge is 0.508 e. The van der Waals surface area contributed by atoms with E-state index in [0.717, 1.165) is 21.9 Å². The van der Waals surface area contributed by atoms with E-state index in [0.29, 0.717) is 6.54 Å². The van der Waals surface area contributed by atoms with Crippen LogP contribution in [-0.2, 0) is 6.54 Å². The van der Waals surface area contributed by atoms with E-state index >= 15 is 0 Å². The summed E-state index contributed by atoms with van der Waals surface area (Å²) in [6, 6.07) is 18.4. The van der Waals surface area contributed by atoms with E-state index in [4.69, 9.17) is 0 Å². The molecule has 0 amide bonds. The zero-order valence-electron chi connectivity index (χ0n) is 14.9. The van der Waals surface area contributed by atoms with Crippen LogP contribution in [0.2, 0.25) is 0 Å². The van der Waals surface area contributed by atoms with Crippen LogP contribution in [0.25, 0.3) is 10.8 Å². The number of halogens is 1. The molecule has 1 unspecified atom stereocenters. The van der Waals surface area contributed by atoms with Gasteiger partial charge in [-0.05, 0) is 39.9 Å². The Kier molecular flexibility index (Phi) is 4.78. The van der Waals surface area contributed by atoms with Crippen molar-refractivity contribution in [3.8, 4) is 5.75 Å². The van der Waals surface area contributed by atoms with Gasteiger partial charge in [0.25, 0.3) is 0 Å². The minimum Gasteiger partial charge on any atom is -0.508 e. The molecular formula is C22H24FNO. The molecule has 130 valence electrons. The van der Waals surface area contributed by atoms with Crippen LogP contribution < -0.4 is 5.32 Å². The second-order valence-electron chi connectivity index (χ2n) is 7.52. The van der Waals surface area contributed by atoms with Gasteiger partial charge in [-0.25, -0.2) is 4.39 Å². The fourth-order valence-corrected chi connectivity index (χ4v) is 3.29. The van der Waals surface area contributed by atoms with E-state index in [1.54, 1.807) is 6.07 Å². The summed E-state index contributed by atoms with van der Waals surface area (Å²) in [5, 5.41) is 16.1. The first-order valence-corrected chi connectivity index (χ1v) is 8.55. The Morgan fingerprint density at radius 2 is 1.64 bits per heavy atom. The van der Waals surface area contributed by atoms with Gasteiger partial charge in [0, 0.05) is 18.2 Å². The molecule has 0 radical (unpaired) electrons. The maximum absolute atomic E-state index is 13.3. The fourth-order valence-electron chi connectivity index (χ4n) is 3.29. The number of rotatable bonds is 4. The third kappa shape index (κ3) is 3.83. The highest BCUT2D eigenvalue weighted by atomic mass is 19.1. The molecule has 2 N–H and O–H groups in total. The van der Waals surface area contributed by atoms with Crippen molar-refractivity contribution < 1.29 is 9.50 Å². The number of aromatic hydroxyl groups is 1. The second kappa shape index (κ2) is 6.85. The number of phenols is 1. The number of hydrogen-bond donors (Lipinski definition) is 2. The van der Waals surface area contributed by atoms with Gasteiger partial charge < -0.3 is 10.4 Å². The summed E-state index contributed by atoms with van der Waals surface area (Å²) in [6.45, 7) is 6.98. The highest BCUT2D eigenvalue weighted by Gasteiger charge is 2.26. The molecule has 3 aromatic carbocycles. The lowest BCUT2D eigenvalue weighted by atomic mass is 9.82. The summed E-state index contributed by atoms with van der Waals surface area (Å²) < 4.78 is 13.3. The molecule has 3 heteroatoms. The van der Waals surface area contributed by atoms with Crippen molar-refractivity contribution >= 4 is 10.8 Å². The molecule has 3 aromatic rings. The second-order valence-corrected chi connectivity index (χ2v) is 7.52. The zero-order chi connectivity index (χ0) is 18.0. The van der Waals surface area contributed by atoms with Gasteiger partial charge in [0.05, 0.1) is 0 Å². The maximum Gasteiger partial charge on any atom is 0.123 e. The van der Waals surface area contributed by atoms with Crippen molar-refractivity contribution in [3.63, 3.8) is 0 Å². The third-order valence-electron chi connectivity index (χ3n) is 4.57. The lowest BCUT2D eigenvalue weighted by Crippen LogP contribution is -2.32. The molecule has 0 saturated carbocycles. The Bertz CT molecular complexity index is 865. The van der Waals surface area contributed by atoms with Crippen LogP contribution in [0.4, 0.5) is 4.39 Å². The molecule has 3 rings (SSSR count). The summed E-state index contributed by atoms with van der Waals surface area (Å²) >= 11 is 0. The normalized spacial score (nSPS) is 13.1. The van der Waals surface area contributed by atoms with Crippen LogP contribution in [0.3, 0.4) is 0 Å².